The normalized spacial score (nSPS) is 14.0. The van der Waals surface area contributed by atoms with Gasteiger partial charge in [0.1, 0.15) is 5.58 Å². The summed E-state index contributed by atoms with van der Waals surface area (Å²) in [6.07, 6.45) is 5.70. The first-order valence-corrected chi connectivity index (χ1v) is 8.62. The second-order valence-electron chi connectivity index (χ2n) is 6.61. The Morgan fingerprint density at radius 2 is 2.04 bits per heavy atom. The molecule has 1 aliphatic rings. The second kappa shape index (κ2) is 5.62. The van der Waals surface area contributed by atoms with E-state index in [4.69, 9.17) is 14.5 Å². The van der Waals surface area contributed by atoms with Crippen LogP contribution in [0.2, 0.25) is 0 Å². The van der Waals surface area contributed by atoms with Gasteiger partial charge in [-0.2, -0.15) is 5.10 Å². The lowest BCUT2D eigenvalue weighted by atomic mass is 10.2. The highest BCUT2D eigenvalue weighted by molar-refractivity contribution is 5.78. The summed E-state index contributed by atoms with van der Waals surface area (Å²) in [7, 11) is 0. The predicted molar refractivity (Wildman–Crippen MR) is 97.3 cm³/mol. The summed E-state index contributed by atoms with van der Waals surface area (Å²) in [6.45, 7) is 1.97. The zero-order valence-electron chi connectivity index (χ0n) is 14.2. The molecule has 26 heavy (non-hydrogen) atoms. The minimum Gasteiger partial charge on any atom is -0.452 e. The Labute approximate surface area is 149 Å². The number of benzene rings is 1. The van der Waals surface area contributed by atoms with Gasteiger partial charge in [0.05, 0.1) is 11.1 Å². The topological polar surface area (TPSA) is 73.8 Å². The van der Waals surface area contributed by atoms with Crippen molar-refractivity contribution >= 4 is 11.0 Å². The van der Waals surface area contributed by atoms with E-state index in [0.717, 1.165) is 29.9 Å². The summed E-state index contributed by atoms with van der Waals surface area (Å²) in [5, 5.41) is 5.27. The van der Waals surface area contributed by atoms with E-state index in [-0.39, 0.29) is 5.43 Å². The SMILES string of the molecule is Cc1cnccc1-n1nc(C2CC2)nc1-c1cc(=O)c2ccccc2o1. The van der Waals surface area contributed by atoms with E-state index >= 15 is 0 Å². The molecule has 3 heterocycles. The van der Waals surface area contributed by atoms with Gasteiger partial charge in [0.25, 0.3) is 0 Å². The molecule has 0 bridgehead atoms. The molecule has 6 nitrogen and oxygen atoms in total. The summed E-state index contributed by atoms with van der Waals surface area (Å²) >= 11 is 0. The molecule has 1 fully saturated rings. The molecule has 0 aliphatic heterocycles. The number of aryl methyl sites for hydroxylation is 1. The third-order valence-corrected chi connectivity index (χ3v) is 4.64. The average Bonchev–Trinajstić information content (AvgIpc) is 3.41. The van der Waals surface area contributed by atoms with E-state index in [1.807, 2.05) is 25.1 Å². The highest BCUT2D eigenvalue weighted by Gasteiger charge is 2.30. The van der Waals surface area contributed by atoms with Crippen LogP contribution in [0.25, 0.3) is 28.2 Å². The van der Waals surface area contributed by atoms with E-state index in [1.54, 1.807) is 29.2 Å². The molecule has 0 unspecified atom stereocenters. The van der Waals surface area contributed by atoms with Crippen molar-refractivity contribution < 1.29 is 4.42 Å². The third kappa shape index (κ3) is 2.42. The molecule has 0 amide bonds. The van der Waals surface area contributed by atoms with Crippen LogP contribution in [0.4, 0.5) is 0 Å². The number of pyridine rings is 1. The Balaban J connectivity index is 1.76. The summed E-state index contributed by atoms with van der Waals surface area (Å²) in [6, 6.07) is 10.6. The standard InChI is InChI=1S/C20H16N4O2/c1-12-11-21-9-8-15(12)24-20(22-19(23-24)13-6-7-13)18-10-16(25)14-4-2-3-5-17(14)26-18/h2-5,8-11,13H,6-7H2,1H3. The second-order valence-corrected chi connectivity index (χ2v) is 6.61. The van der Waals surface area contributed by atoms with Crippen molar-refractivity contribution in [3.63, 3.8) is 0 Å². The van der Waals surface area contributed by atoms with E-state index < -0.39 is 0 Å². The molecule has 1 aliphatic carbocycles. The van der Waals surface area contributed by atoms with E-state index in [9.17, 15) is 4.79 Å². The Kier molecular flexibility index (Phi) is 3.25. The molecule has 3 aromatic heterocycles. The molecule has 128 valence electrons. The fourth-order valence-corrected chi connectivity index (χ4v) is 3.09. The summed E-state index contributed by atoms with van der Waals surface area (Å²) in [5.41, 5.74) is 2.31. The number of fused-ring (bicyclic) bond motifs is 1. The van der Waals surface area contributed by atoms with Crippen LogP contribution in [0.15, 0.2) is 58.0 Å². The molecule has 1 aromatic carbocycles. The first-order valence-electron chi connectivity index (χ1n) is 8.62. The lowest BCUT2D eigenvalue weighted by molar-refractivity contribution is 0.608. The van der Waals surface area contributed by atoms with Crippen molar-refractivity contribution in [2.24, 2.45) is 0 Å². The maximum Gasteiger partial charge on any atom is 0.199 e. The largest absolute Gasteiger partial charge is 0.452 e. The van der Waals surface area contributed by atoms with Crippen molar-refractivity contribution in [1.82, 2.24) is 19.7 Å². The zero-order valence-corrected chi connectivity index (χ0v) is 14.2. The van der Waals surface area contributed by atoms with Gasteiger partial charge in [0, 0.05) is 24.4 Å². The van der Waals surface area contributed by atoms with Gasteiger partial charge in [-0.15, -0.1) is 0 Å². The maximum atomic E-state index is 12.5. The fraction of sp³-hybridized carbons (Fsp3) is 0.200. The van der Waals surface area contributed by atoms with Gasteiger partial charge in [0.2, 0.25) is 0 Å². The maximum absolute atomic E-state index is 12.5. The molecule has 5 rings (SSSR count). The number of para-hydroxylation sites is 1. The number of hydrogen-bond acceptors (Lipinski definition) is 5. The van der Waals surface area contributed by atoms with Crippen LogP contribution in [-0.2, 0) is 0 Å². The van der Waals surface area contributed by atoms with Crippen molar-refractivity contribution in [3.05, 3.63) is 70.4 Å². The minimum atomic E-state index is -0.0872. The van der Waals surface area contributed by atoms with Crippen LogP contribution in [-0.4, -0.2) is 19.7 Å². The number of rotatable bonds is 3. The van der Waals surface area contributed by atoms with Gasteiger partial charge in [-0.1, -0.05) is 12.1 Å². The Morgan fingerprint density at radius 3 is 2.85 bits per heavy atom. The summed E-state index contributed by atoms with van der Waals surface area (Å²) < 4.78 is 7.77. The van der Waals surface area contributed by atoms with Crippen LogP contribution in [0.1, 0.15) is 30.1 Å². The van der Waals surface area contributed by atoms with Crippen molar-refractivity contribution in [2.75, 3.05) is 0 Å². The number of hydrogen-bond donors (Lipinski definition) is 0. The highest BCUT2D eigenvalue weighted by Crippen LogP contribution is 2.39. The molecule has 4 aromatic rings. The quantitative estimate of drug-likeness (QED) is 0.567. The molecule has 0 spiro atoms. The minimum absolute atomic E-state index is 0.0872. The molecule has 0 saturated heterocycles. The van der Waals surface area contributed by atoms with Gasteiger partial charge in [-0.3, -0.25) is 9.78 Å². The third-order valence-electron chi connectivity index (χ3n) is 4.64. The molecule has 1 saturated carbocycles. The monoisotopic (exact) mass is 344 g/mol. The van der Waals surface area contributed by atoms with Gasteiger partial charge < -0.3 is 4.42 Å². The van der Waals surface area contributed by atoms with Crippen LogP contribution in [0.5, 0.6) is 0 Å². The van der Waals surface area contributed by atoms with E-state index in [0.29, 0.717) is 28.5 Å². The zero-order chi connectivity index (χ0) is 17.7. The van der Waals surface area contributed by atoms with Crippen LogP contribution in [0, 0.1) is 6.92 Å². The number of aromatic nitrogens is 4. The van der Waals surface area contributed by atoms with Gasteiger partial charge in [-0.25, -0.2) is 9.67 Å². The Morgan fingerprint density at radius 1 is 1.19 bits per heavy atom. The highest BCUT2D eigenvalue weighted by atomic mass is 16.3. The first kappa shape index (κ1) is 15.0. The average molecular weight is 344 g/mol. The smallest absolute Gasteiger partial charge is 0.199 e. The summed E-state index contributed by atoms with van der Waals surface area (Å²) in [4.78, 5) is 21.4. The summed E-state index contributed by atoms with van der Waals surface area (Å²) in [5.74, 6) is 2.16. The van der Waals surface area contributed by atoms with Crippen molar-refractivity contribution in [2.45, 2.75) is 25.7 Å². The molecule has 0 radical (unpaired) electrons. The lowest BCUT2D eigenvalue weighted by Crippen LogP contribution is -2.05. The molecular formula is C20H16N4O2. The predicted octanol–water partition coefficient (Wildman–Crippen LogP) is 3.62. The molecular weight excluding hydrogens is 328 g/mol. The van der Waals surface area contributed by atoms with Gasteiger partial charge >= 0.3 is 0 Å². The first-order chi connectivity index (χ1) is 12.7. The molecule has 0 atom stereocenters. The lowest BCUT2D eigenvalue weighted by Gasteiger charge is -2.08. The van der Waals surface area contributed by atoms with Crippen LogP contribution >= 0.6 is 0 Å². The van der Waals surface area contributed by atoms with E-state index in [1.165, 1.54) is 6.07 Å². The van der Waals surface area contributed by atoms with Crippen molar-refractivity contribution in [1.29, 1.82) is 0 Å². The Hall–Kier alpha value is -3.28. The fourth-order valence-electron chi connectivity index (χ4n) is 3.09. The van der Waals surface area contributed by atoms with Crippen LogP contribution in [0.3, 0.4) is 0 Å². The van der Waals surface area contributed by atoms with Crippen molar-refractivity contribution in [3.8, 4) is 17.3 Å². The van der Waals surface area contributed by atoms with E-state index in [2.05, 4.69) is 4.98 Å². The van der Waals surface area contributed by atoms with Gasteiger partial charge in [0.15, 0.2) is 22.8 Å². The molecule has 0 N–H and O–H groups in total. The van der Waals surface area contributed by atoms with Gasteiger partial charge in [-0.05, 0) is 43.5 Å². The molecule has 6 heteroatoms. The van der Waals surface area contributed by atoms with Crippen LogP contribution < -0.4 is 5.43 Å². The Bertz CT molecular complexity index is 1190. The number of nitrogens with zero attached hydrogens (tertiary/aromatic N) is 4.